The van der Waals surface area contributed by atoms with E-state index >= 15 is 0 Å². The summed E-state index contributed by atoms with van der Waals surface area (Å²) in [7, 11) is 3.12. The Bertz CT molecular complexity index is 1520. The third-order valence-corrected chi connectivity index (χ3v) is 6.28. The molecule has 3 heterocycles. The van der Waals surface area contributed by atoms with Gasteiger partial charge in [-0.3, -0.25) is 18.8 Å². The van der Waals surface area contributed by atoms with Crippen LogP contribution < -0.4 is 10.9 Å². The van der Waals surface area contributed by atoms with Crippen LogP contribution in [0, 0.1) is 11.3 Å². The summed E-state index contributed by atoms with van der Waals surface area (Å²) in [6.07, 6.45) is 6.87. The minimum atomic E-state index is -0.795. The van der Waals surface area contributed by atoms with Gasteiger partial charge >= 0.3 is 0 Å². The molecule has 0 saturated carbocycles. The minimum absolute atomic E-state index is 0.244. The monoisotopic (exact) mass is 517 g/mol. The van der Waals surface area contributed by atoms with Gasteiger partial charge in [0.1, 0.15) is 17.8 Å². The van der Waals surface area contributed by atoms with Gasteiger partial charge < -0.3 is 19.7 Å². The second kappa shape index (κ2) is 11.5. The largest absolute Gasteiger partial charge is 0.501 e. The summed E-state index contributed by atoms with van der Waals surface area (Å²) in [5, 5.41) is 30.8. The lowest BCUT2D eigenvalue weighted by Gasteiger charge is -2.26. The summed E-state index contributed by atoms with van der Waals surface area (Å²) in [5.74, 6) is -2.29. The molecule has 3 aromatic heterocycles. The molecule has 0 bridgehead atoms. The van der Waals surface area contributed by atoms with Crippen molar-refractivity contribution in [3.63, 3.8) is 0 Å². The highest BCUT2D eigenvalue weighted by molar-refractivity contribution is 6.04. The Morgan fingerprint density at radius 1 is 1.32 bits per heavy atom. The van der Waals surface area contributed by atoms with Gasteiger partial charge in [-0.25, -0.2) is 4.98 Å². The molecule has 12 nitrogen and oxygen atoms in total. The standard InChI is InChI=1S/C26H27N7O5/c1-16(24-31-22(23(34)26(36)32(24)2)25(35)30-19-13-29-38-15-19)21(20-8-5-4-7-17(20)11-27)18-12-28-33(14-18)9-6-10-37-3/h4-5,7-8,12-16,21,34H,6,9-10H2,1-3H3,(H,30,35)/t16-,21-/m1/s1. The van der Waals surface area contributed by atoms with E-state index in [2.05, 4.69) is 26.6 Å². The second-order valence-electron chi connectivity index (χ2n) is 8.75. The predicted molar refractivity (Wildman–Crippen MR) is 136 cm³/mol. The number of anilines is 1. The fraction of sp³-hybridized carbons (Fsp3) is 0.308. The summed E-state index contributed by atoms with van der Waals surface area (Å²) in [4.78, 5) is 30.3. The van der Waals surface area contributed by atoms with Crippen LogP contribution in [0.25, 0.3) is 0 Å². The van der Waals surface area contributed by atoms with Gasteiger partial charge in [0.25, 0.3) is 11.5 Å². The number of hydrogen-bond acceptors (Lipinski definition) is 9. The lowest BCUT2D eigenvalue weighted by molar-refractivity contribution is 0.101. The summed E-state index contributed by atoms with van der Waals surface area (Å²) in [6.45, 7) is 3.07. The van der Waals surface area contributed by atoms with Crippen LogP contribution in [0.5, 0.6) is 5.75 Å². The van der Waals surface area contributed by atoms with Gasteiger partial charge in [0, 0.05) is 45.3 Å². The van der Waals surface area contributed by atoms with Crippen molar-refractivity contribution in [2.45, 2.75) is 31.7 Å². The first-order valence-electron chi connectivity index (χ1n) is 11.9. The van der Waals surface area contributed by atoms with Gasteiger partial charge in [0.15, 0.2) is 5.69 Å². The van der Waals surface area contributed by atoms with Gasteiger partial charge in [-0.15, -0.1) is 0 Å². The molecule has 1 aromatic carbocycles. The molecule has 4 aromatic rings. The molecular formula is C26H27N7O5. The molecule has 0 unspecified atom stereocenters. The first-order chi connectivity index (χ1) is 18.3. The third kappa shape index (κ3) is 5.33. The number of aromatic nitrogens is 5. The van der Waals surface area contributed by atoms with Crippen LogP contribution in [0.4, 0.5) is 5.69 Å². The molecule has 0 aliphatic carbocycles. The topological polar surface area (TPSA) is 161 Å². The van der Waals surface area contributed by atoms with E-state index in [1.165, 1.54) is 24.1 Å². The van der Waals surface area contributed by atoms with Crippen molar-refractivity contribution in [2.75, 3.05) is 19.0 Å². The van der Waals surface area contributed by atoms with E-state index in [-0.39, 0.29) is 11.5 Å². The number of methoxy groups -OCH3 is 1. The molecule has 38 heavy (non-hydrogen) atoms. The van der Waals surface area contributed by atoms with Crippen LogP contribution in [0.1, 0.15) is 58.2 Å². The maximum absolute atomic E-state index is 13.0. The molecule has 4 rings (SSSR count). The van der Waals surface area contributed by atoms with Crippen molar-refractivity contribution >= 4 is 11.6 Å². The second-order valence-corrected chi connectivity index (χ2v) is 8.75. The van der Waals surface area contributed by atoms with Gasteiger partial charge in [0.05, 0.1) is 24.0 Å². The normalized spacial score (nSPS) is 12.6. The first-order valence-corrected chi connectivity index (χ1v) is 11.9. The molecule has 0 aliphatic heterocycles. The average Bonchev–Trinajstić information content (AvgIpc) is 3.60. The zero-order valence-corrected chi connectivity index (χ0v) is 21.2. The van der Waals surface area contributed by atoms with E-state index < -0.39 is 34.7 Å². The van der Waals surface area contributed by atoms with Crippen molar-refractivity contribution in [1.82, 2.24) is 24.5 Å². The predicted octanol–water partition coefficient (Wildman–Crippen LogP) is 2.77. The number of amides is 1. The van der Waals surface area contributed by atoms with Crippen molar-refractivity contribution in [3.05, 3.63) is 87.7 Å². The molecule has 2 atom stereocenters. The van der Waals surface area contributed by atoms with Crippen LogP contribution >= 0.6 is 0 Å². The number of aromatic hydroxyl groups is 1. The smallest absolute Gasteiger partial charge is 0.296 e. The average molecular weight is 518 g/mol. The molecule has 0 radical (unpaired) electrons. The Kier molecular flexibility index (Phi) is 7.98. The highest BCUT2D eigenvalue weighted by Crippen LogP contribution is 2.39. The van der Waals surface area contributed by atoms with Crippen LogP contribution in [-0.2, 0) is 18.3 Å². The number of hydrogen-bond donors (Lipinski definition) is 2. The van der Waals surface area contributed by atoms with Gasteiger partial charge in [0.2, 0.25) is 5.75 Å². The van der Waals surface area contributed by atoms with E-state index in [4.69, 9.17) is 9.26 Å². The fourth-order valence-electron chi connectivity index (χ4n) is 4.42. The zero-order valence-electron chi connectivity index (χ0n) is 21.2. The Labute approximate surface area is 218 Å². The molecule has 12 heteroatoms. The van der Waals surface area contributed by atoms with Crippen LogP contribution in [0.2, 0.25) is 0 Å². The van der Waals surface area contributed by atoms with Crippen molar-refractivity contribution < 1.29 is 19.2 Å². The quantitative estimate of drug-likeness (QED) is 0.301. The maximum Gasteiger partial charge on any atom is 0.296 e. The van der Waals surface area contributed by atoms with E-state index in [1.54, 1.807) is 30.1 Å². The number of nitrogens with one attached hydrogen (secondary N) is 1. The number of benzene rings is 1. The van der Waals surface area contributed by atoms with Crippen LogP contribution in [-0.4, -0.2) is 49.2 Å². The van der Waals surface area contributed by atoms with Gasteiger partial charge in [-0.05, 0) is 23.6 Å². The Hall–Kier alpha value is -4.76. The summed E-state index contributed by atoms with van der Waals surface area (Å²) in [5.41, 5.74) is 1.02. The number of ether oxygens (including phenoxy) is 1. The van der Waals surface area contributed by atoms with E-state index in [9.17, 15) is 20.0 Å². The number of aryl methyl sites for hydroxylation is 1. The third-order valence-electron chi connectivity index (χ3n) is 6.28. The molecule has 0 aliphatic rings. The molecular weight excluding hydrogens is 490 g/mol. The first kappa shape index (κ1) is 26.3. The van der Waals surface area contributed by atoms with Gasteiger partial charge in [-0.2, -0.15) is 10.4 Å². The molecule has 0 saturated heterocycles. The number of nitriles is 1. The number of carbonyl (C=O) groups is 1. The van der Waals surface area contributed by atoms with Crippen molar-refractivity contribution in [2.24, 2.45) is 7.05 Å². The van der Waals surface area contributed by atoms with E-state index in [1.807, 2.05) is 25.3 Å². The molecule has 0 spiro atoms. The lowest BCUT2D eigenvalue weighted by Crippen LogP contribution is -2.29. The fourth-order valence-corrected chi connectivity index (χ4v) is 4.42. The Morgan fingerprint density at radius 3 is 2.82 bits per heavy atom. The maximum atomic E-state index is 13.0. The molecule has 196 valence electrons. The molecule has 1 amide bonds. The highest BCUT2D eigenvalue weighted by atomic mass is 16.5. The highest BCUT2D eigenvalue weighted by Gasteiger charge is 2.31. The zero-order chi connectivity index (χ0) is 27.2. The molecule has 0 fully saturated rings. The minimum Gasteiger partial charge on any atom is -0.501 e. The number of rotatable bonds is 10. The van der Waals surface area contributed by atoms with E-state index in [0.29, 0.717) is 18.7 Å². The Morgan fingerprint density at radius 2 is 2.11 bits per heavy atom. The Balaban J connectivity index is 1.80. The van der Waals surface area contributed by atoms with E-state index in [0.717, 1.165) is 17.5 Å². The summed E-state index contributed by atoms with van der Waals surface area (Å²) < 4.78 is 12.9. The van der Waals surface area contributed by atoms with Crippen LogP contribution in [0.15, 0.2) is 58.4 Å². The number of carbonyl (C=O) groups excluding carboxylic acids is 1. The SMILES string of the molecule is COCCCn1cc([C@H](c2ccccc2C#N)[C@@H](C)c2nc(C(=O)Nc3cnoc3)c(O)c(=O)n2C)cn1. The summed E-state index contributed by atoms with van der Waals surface area (Å²) in [6, 6.07) is 9.42. The lowest BCUT2D eigenvalue weighted by atomic mass is 9.80. The molecule has 2 N–H and O–H groups in total. The van der Waals surface area contributed by atoms with Crippen molar-refractivity contribution in [3.8, 4) is 11.8 Å². The van der Waals surface area contributed by atoms with Crippen LogP contribution in [0.3, 0.4) is 0 Å². The van der Waals surface area contributed by atoms with Crippen molar-refractivity contribution in [1.29, 1.82) is 5.26 Å². The van der Waals surface area contributed by atoms with Gasteiger partial charge in [-0.1, -0.05) is 30.3 Å². The summed E-state index contributed by atoms with van der Waals surface area (Å²) >= 11 is 0. The number of nitrogens with zero attached hydrogens (tertiary/aromatic N) is 6.